The lowest BCUT2D eigenvalue weighted by molar-refractivity contribution is -0.112. The Kier molecular flexibility index (Phi) is 5.58. The van der Waals surface area contributed by atoms with Crippen LogP contribution >= 0.6 is 15.9 Å². The maximum absolute atomic E-state index is 12.4. The molecule has 0 saturated carbocycles. The SMILES string of the molecule is Cc1cc(C=C(C#N)C(=O)Nc2ccccc2)c(C)n1-c1ccc(Br)cc1. The van der Waals surface area contributed by atoms with Crippen LogP contribution in [-0.2, 0) is 4.79 Å². The molecule has 0 aliphatic carbocycles. The zero-order valence-corrected chi connectivity index (χ0v) is 16.6. The summed E-state index contributed by atoms with van der Waals surface area (Å²) >= 11 is 3.45. The number of hydrogen-bond acceptors (Lipinski definition) is 2. The van der Waals surface area contributed by atoms with Gasteiger partial charge in [0.15, 0.2) is 0 Å². The van der Waals surface area contributed by atoms with E-state index >= 15 is 0 Å². The van der Waals surface area contributed by atoms with Gasteiger partial charge in [0.1, 0.15) is 11.6 Å². The maximum Gasteiger partial charge on any atom is 0.266 e. The number of nitrogens with one attached hydrogen (secondary N) is 1. The average Bonchev–Trinajstić information content (AvgIpc) is 2.94. The Balaban J connectivity index is 1.93. The number of hydrogen-bond donors (Lipinski definition) is 1. The molecular weight excluding hydrogens is 402 g/mol. The highest BCUT2D eigenvalue weighted by Gasteiger charge is 2.14. The fraction of sp³-hybridized carbons (Fsp3) is 0.0909. The Morgan fingerprint density at radius 3 is 2.41 bits per heavy atom. The number of nitrogens with zero attached hydrogens (tertiary/aromatic N) is 2. The van der Waals surface area contributed by atoms with Gasteiger partial charge in [0, 0.05) is 27.2 Å². The minimum absolute atomic E-state index is 0.0647. The number of para-hydroxylation sites is 1. The van der Waals surface area contributed by atoms with Gasteiger partial charge in [-0.2, -0.15) is 5.26 Å². The molecule has 3 rings (SSSR count). The van der Waals surface area contributed by atoms with Gasteiger partial charge in [-0.15, -0.1) is 0 Å². The molecular formula is C22H18BrN3O. The molecule has 1 aromatic heterocycles. The molecule has 0 radical (unpaired) electrons. The number of amides is 1. The maximum atomic E-state index is 12.4. The summed E-state index contributed by atoms with van der Waals surface area (Å²) in [6, 6.07) is 21.1. The number of benzene rings is 2. The topological polar surface area (TPSA) is 57.8 Å². The van der Waals surface area contributed by atoms with Crippen LogP contribution in [0.25, 0.3) is 11.8 Å². The predicted molar refractivity (Wildman–Crippen MR) is 112 cm³/mol. The third-order valence-electron chi connectivity index (χ3n) is 4.25. The number of carbonyl (C=O) groups excluding carboxylic acids is 1. The Morgan fingerprint density at radius 2 is 1.78 bits per heavy atom. The van der Waals surface area contributed by atoms with Crippen molar-refractivity contribution in [3.8, 4) is 11.8 Å². The van der Waals surface area contributed by atoms with Crippen LogP contribution in [0.5, 0.6) is 0 Å². The van der Waals surface area contributed by atoms with Crippen molar-refractivity contribution in [3.63, 3.8) is 0 Å². The van der Waals surface area contributed by atoms with E-state index < -0.39 is 5.91 Å². The molecule has 2 aromatic carbocycles. The molecule has 0 fully saturated rings. The minimum atomic E-state index is -0.419. The summed E-state index contributed by atoms with van der Waals surface area (Å²) < 4.78 is 3.11. The second-order valence-electron chi connectivity index (χ2n) is 6.13. The minimum Gasteiger partial charge on any atom is -0.321 e. The van der Waals surface area contributed by atoms with E-state index in [-0.39, 0.29) is 5.57 Å². The van der Waals surface area contributed by atoms with Gasteiger partial charge in [0.25, 0.3) is 5.91 Å². The highest BCUT2D eigenvalue weighted by molar-refractivity contribution is 9.10. The molecule has 0 saturated heterocycles. The zero-order valence-electron chi connectivity index (χ0n) is 15.0. The zero-order chi connectivity index (χ0) is 19.4. The third kappa shape index (κ3) is 4.18. The van der Waals surface area contributed by atoms with Crippen LogP contribution in [0.1, 0.15) is 17.0 Å². The first-order valence-electron chi connectivity index (χ1n) is 8.42. The first kappa shape index (κ1) is 18.7. The van der Waals surface area contributed by atoms with Crippen molar-refractivity contribution < 1.29 is 4.79 Å². The number of rotatable bonds is 4. The Labute approximate surface area is 166 Å². The van der Waals surface area contributed by atoms with Crippen LogP contribution < -0.4 is 5.32 Å². The molecule has 1 amide bonds. The van der Waals surface area contributed by atoms with Crippen molar-refractivity contribution in [2.45, 2.75) is 13.8 Å². The van der Waals surface area contributed by atoms with Crippen LogP contribution in [0, 0.1) is 25.2 Å². The van der Waals surface area contributed by atoms with Crippen molar-refractivity contribution >= 4 is 33.6 Å². The summed E-state index contributed by atoms with van der Waals surface area (Å²) in [5, 5.41) is 12.2. The first-order valence-corrected chi connectivity index (χ1v) is 9.22. The van der Waals surface area contributed by atoms with Gasteiger partial charge in [-0.1, -0.05) is 34.1 Å². The van der Waals surface area contributed by atoms with E-state index in [1.54, 1.807) is 18.2 Å². The van der Waals surface area contributed by atoms with Crippen molar-refractivity contribution in [3.05, 3.63) is 87.7 Å². The Bertz CT molecular complexity index is 1040. The van der Waals surface area contributed by atoms with Gasteiger partial charge in [0.05, 0.1) is 0 Å². The number of nitriles is 1. The van der Waals surface area contributed by atoms with E-state index in [0.717, 1.165) is 27.1 Å². The van der Waals surface area contributed by atoms with E-state index in [1.165, 1.54) is 0 Å². The van der Waals surface area contributed by atoms with Gasteiger partial charge in [0.2, 0.25) is 0 Å². The molecule has 134 valence electrons. The lowest BCUT2D eigenvalue weighted by Crippen LogP contribution is -2.13. The van der Waals surface area contributed by atoms with Crippen LogP contribution in [-0.4, -0.2) is 10.5 Å². The summed E-state index contributed by atoms with van der Waals surface area (Å²) in [5.41, 5.74) is 4.59. The number of anilines is 1. The quantitative estimate of drug-likeness (QED) is 0.454. The summed E-state index contributed by atoms with van der Waals surface area (Å²) in [4.78, 5) is 12.4. The molecule has 0 spiro atoms. The lowest BCUT2D eigenvalue weighted by Gasteiger charge is -2.09. The standard InChI is InChI=1S/C22H18BrN3O/c1-15-12-17(16(2)26(15)21-10-8-19(23)9-11-21)13-18(14-24)22(27)25-20-6-4-3-5-7-20/h3-13H,1-2H3,(H,25,27). The molecule has 1 N–H and O–H groups in total. The fourth-order valence-electron chi connectivity index (χ4n) is 2.95. The van der Waals surface area contributed by atoms with Gasteiger partial charge in [-0.05, 0) is 68.0 Å². The molecule has 0 bridgehead atoms. The highest BCUT2D eigenvalue weighted by atomic mass is 79.9. The molecule has 0 aliphatic heterocycles. The fourth-order valence-corrected chi connectivity index (χ4v) is 3.21. The van der Waals surface area contributed by atoms with E-state index in [1.807, 2.05) is 68.4 Å². The Morgan fingerprint density at radius 1 is 1.11 bits per heavy atom. The third-order valence-corrected chi connectivity index (χ3v) is 4.78. The molecule has 4 nitrogen and oxygen atoms in total. The lowest BCUT2D eigenvalue weighted by atomic mass is 10.1. The molecule has 1 heterocycles. The summed E-state index contributed by atoms with van der Waals surface area (Å²) in [6.45, 7) is 3.98. The van der Waals surface area contributed by atoms with E-state index in [2.05, 4.69) is 25.8 Å². The van der Waals surface area contributed by atoms with E-state index in [0.29, 0.717) is 5.69 Å². The molecule has 5 heteroatoms. The van der Waals surface area contributed by atoms with Crippen molar-refractivity contribution in [1.29, 1.82) is 5.26 Å². The molecule has 27 heavy (non-hydrogen) atoms. The van der Waals surface area contributed by atoms with Gasteiger partial charge in [-0.3, -0.25) is 4.79 Å². The smallest absolute Gasteiger partial charge is 0.266 e. The van der Waals surface area contributed by atoms with E-state index in [9.17, 15) is 10.1 Å². The Hall–Kier alpha value is -3.10. The molecule has 0 atom stereocenters. The van der Waals surface area contributed by atoms with Crippen molar-refractivity contribution in [2.24, 2.45) is 0 Å². The summed E-state index contributed by atoms with van der Waals surface area (Å²) in [7, 11) is 0. The van der Waals surface area contributed by atoms with Crippen molar-refractivity contribution in [2.75, 3.05) is 5.32 Å². The van der Waals surface area contributed by atoms with Crippen LogP contribution in [0.15, 0.2) is 70.7 Å². The predicted octanol–water partition coefficient (Wildman–Crippen LogP) is 5.40. The molecule has 3 aromatic rings. The van der Waals surface area contributed by atoms with Gasteiger partial charge in [-0.25, -0.2) is 0 Å². The first-order chi connectivity index (χ1) is 13.0. The summed E-state index contributed by atoms with van der Waals surface area (Å²) in [5.74, 6) is -0.419. The van der Waals surface area contributed by atoms with Crippen molar-refractivity contribution in [1.82, 2.24) is 4.57 Å². The number of halogens is 1. The monoisotopic (exact) mass is 419 g/mol. The summed E-state index contributed by atoms with van der Waals surface area (Å²) in [6.07, 6.45) is 1.63. The normalized spacial score (nSPS) is 11.1. The van der Waals surface area contributed by atoms with Crippen LogP contribution in [0.2, 0.25) is 0 Å². The average molecular weight is 420 g/mol. The number of aryl methyl sites for hydroxylation is 1. The van der Waals surface area contributed by atoms with Crippen LogP contribution in [0.3, 0.4) is 0 Å². The highest BCUT2D eigenvalue weighted by Crippen LogP contribution is 2.24. The van der Waals surface area contributed by atoms with Crippen LogP contribution in [0.4, 0.5) is 5.69 Å². The second-order valence-corrected chi connectivity index (χ2v) is 7.04. The van der Waals surface area contributed by atoms with E-state index in [4.69, 9.17) is 0 Å². The number of carbonyl (C=O) groups is 1. The van der Waals surface area contributed by atoms with Gasteiger partial charge >= 0.3 is 0 Å². The largest absolute Gasteiger partial charge is 0.321 e. The molecule has 0 unspecified atom stereocenters. The second kappa shape index (κ2) is 8.07. The number of aromatic nitrogens is 1. The molecule has 0 aliphatic rings. The van der Waals surface area contributed by atoms with Gasteiger partial charge < -0.3 is 9.88 Å².